The van der Waals surface area contributed by atoms with Crippen LogP contribution in [0.1, 0.15) is 29.8 Å². The highest BCUT2D eigenvalue weighted by Crippen LogP contribution is 2.21. The molecule has 2 N–H and O–H groups in total. The van der Waals surface area contributed by atoms with Gasteiger partial charge in [-0.2, -0.15) is 0 Å². The maximum absolute atomic E-state index is 12.0. The van der Waals surface area contributed by atoms with Gasteiger partial charge in [-0.1, -0.05) is 50.2 Å². The van der Waals surface area contributed by atoms with Crippen LogP contribution in [0.15, 0.2) is 54.6 Å². The Morgan fingerprint density at radius 2 is 1.73 bits per heavy atom. The van der Waals surface area contributed by atoms with Gasteiger partial charge < -0.3 is 10.6 Å². The topological polar surface area (TPSA) is 101 Å². The van der Waals surface area contributed by atoms with Gasteiger partial charge in [-0.15, -0.1) is 0 Å². The molecular formula is C19H21N3O4. The monoisotopic (exact) mass is 355 g/mol. The van der Waals surface area contributed by atoms with Crippen molar-refractivity contribution in [3.05, 3.63) is 75.8 Å². The first kappa shape index (κ1) is 19.1. The van der Waals surface area contributed by atoms with E-state index < -0.39 is 10.8 Å². The summed E-state index contributed by atoms with van der Waals surface area (Å²) in [6, 6.07) is 15.2. The Labute approximate surface area is 151 Å². The molecule has 0 unspecified atom stereocenters. The standard InChI is InChI=1S/C19H21N3O4/c1-19(2,15-8-4-3-5-9-15)13-21-17(23)12-20-18(24)14-7-6-10-16(11-14)22(25)26/h3-11H,12-13H2,1-2H3,(H,20,24)(H,21,23). The Morgan fingerprint density at radius 3 is 2.38 bits per heavy atom. The molecule has 0 fully saturated rings. The molecule has 0 saturated heterocycles. The van der Waals surface area contributed by atoms with E-state index in [0.29, 0.717) is 6.54 Å². The molecule has 26 heavy (non-hydrogen) atoms. The Morgan fingerprint density at radius 1 is 1.04 bits per heavy atom. The van der Waals surface area contributed by atoms with Gasteiger partial charge in [-0.25, -0.2) is 0 Å². The summed E-state index contributed by atoms with van der Waals surface area (Å²) < 4.78 is 0. The number of rotatable bonds is 7. The highest BCUT2D eigenvalue weighted by molar-refractivity contribution is 5.96. The Bertz CT molecular complexity index is 803. The maximum Gasteiger partial charge on any atom is 0.270 e. The number of benzene rings is 2. The minimum absolute atomic E-state index is 0.136. The smallest absolute Gasteiger partial charge is 0.270 e. The van der Waals surface area contributed by atoms with Crippen LogP contribution in [0.2, 0.25) is 0 Å². The average molecular weight is 355 g/mol. The Hall–Kier alpha value is -3.22. The van der Waals surface area contributed by atoms with E-state index in [0.717, 1.165) is 5.56 Å². The number of non-ortho nitro benzene ring substituents is 1. The van der Waals surface area contributed by atoms with Crippen LogP contribution in [0.5, 0.6) is 0 Å². The van der Waals surface area contributed by atoms with Crippen molar-refractivity contribution in [2.24, 2.45) is 0 Å². The van der Waals surface area contributed by atoms with E-state index in [1.807, 2.05) is 44.2 Å². The zero-order valence-corrected chi connectivity index (χ0v) is 14.7. The van der Waals surface area contributed by atoms with Gasteiger partial charge in [0.15, 0.2) is 0 Å². The van der Waals surface area contributed by atoms with E-state index >= 15 is 0 Å². The van der Waals surface area contributed by atoms with E-state index in [1.165, 1.54) is 24.3 Å². The summed E-state index contributed by atoms with van der Waals surface area (Å²) in [4.78, 5) is 34.2. The third-order valence-electron chi connectivity index (χ3n) is 4.01. The van der Waals surface area contributed by atoms with E-state index in [2.05, 4.69) is 10.6 Å². The molecule has 0 spiro atoms. The molecule has 7 nitrogen and oxygen atoms in total. The third kappa shape index (κ3) is 5.14. The molecule has 0 aliphatic carbocycles. The molecule has 136 valence electrons. The van der Waals surface area contributed by atoms with Crippen LogP contribution < -0.4 is 10.6 Å². The average Bonchev–Trinajstić information content (AvgIpc) is 2.65. The molecule has 0 atom stereocenters. The van der Waals surface area contributed by atoms with Gasteiger partial charge in [-0.3, -0.25) is 19.7 Å². The number of nitrogens with one attached hydrogen (secondary N) is 2. The first-order valence-corrected chi connectivity index (χ1v) is 8.14. The summed E-state index contributed by atoms with van der Waals surface area (Å²) >= 11 is 0. The lowest BCUT2D eigenvalue weighted by atomic mass is 9.84. The molecule has 2 rings (SSSR count). The first-order chi connectivity index (χ1) is 12.3. The van der Waals surface area contributed by atoms with Crippen LogP contribution in [0.3, 0.4) is 0 Å². The molecule has 0 saturated carbocycles. The lowest BCUT2D eigenvalue weighted by molar-refractivity contribution is -0.384. The number of hydrogen-bond donors (Lipinski definition) is 2. The minimum Gasteiger partial charge on any atom is -0.354 e. The van der Waals surface area contributed by atoms with Crippen molar-refractivity contribution in [2.75, 3.05) is 13.1 Å². The third-order valence-corrected chi connectivity index (χ3v) is 4.01. The number of carbonyl (C=O) groups excluding carboxylic acids is 2. The van der Waals surface area contributed by atoms with Crippen molar-refractivity contribution in [1.82, 2.24) is 10.6 Å². The second-order valence-corrected chi connectivity index (χ2v) is 6.52. The van der Waals surface area contributed by atoms with Crippen LogP contribution >= 0.6 is 0 Å². The van der Waals surface area contributed by atoms with Crippen LogP contribution in [0, 0.1) is 10.1 Å². The van der Waals surface area contributed by atoms with Crippen LogP contribution in [0.25, 0.3) is 0 Å². The van der Waals surface area contributed by atoms with Crippen molar-refractivity contribution in [2.45, 2.75) is 19.3 Å². The van der Waals surface area contributed by atoms with Gasteiger partial charge in [0.25, 0.3) is 11.6 Å². The van der Waals surface area contributed by atoms with Gasteiger partial charge in [0.2, 0.25) is 5.91 Å². The molecule has 2 aromatic carbocycles. The van der Waals surface area contributed by atoms with Crippen molar-refractivity contribution in [3.8, 4) is 0 Å². The summed E-state index contributed by atoms with van der Waals surface area (Å²) in [6.07, 6.45) is 0. The zero-order chi connectivity index (χ0) is 19.2. The van der Waals surface area contributed by atoms with Gasteiger partial charge in [-0.05, 0) is 11.6 Å². The number of nitrogens with zero attached hydrogens (tertiary/aromatic N) is 1. The highest BCUT2D eigenvalue weighted by Gasteiger charge is 2.21. The summed E-state index contributed by atoms with van der Waals surface area (Å²) in [7, 11) is 0. The van der Waals surface area contributed by atoms with E-state index in [-0.39, 0.29) is 29.1 Å². The second-order valence-electron chi connectivity index (χ2n) is 6.52. The fourth-order valence-corrected chi connectivity index (χ4v) is 2.40. The molecule has 0 bridgehead atoms. The lowest BCUT2D eigenvalue weighted by Crippen LogP contribution is -2.42. The van der Waals surface area contributed by atoms with Crippen molar-refractivity contribution >= 4 is 17.5 Å². The van der Waals surface area contributed by atoms with Gasteiger partial charge in [0, 0.05) is 29.7 Å². The van der Waals surface area contributed by atoms with Gasteiger partial charge in [0.05, 0.1) is 11.5 Å². The van der Waals surface area contributed by atoms with Crippen molar-refractivity contribution in [1.29, 1.82) is 0 Å². The van der Waals surface area contributed by atoms with E-state index in [9.17, 15) is 19.7 Å². The van der Waals surface area contributed by atoms with Crippen LogP contribution in [-0.4, -0.2) is 29.8 Å². The Balaban J connectivity index is 1.86. The molecule has 0 heterocycles. The quantitative estimate of drug-likeness (QED) is 0.588. The van der Waals surface area contributed by atoms with Gasteiger partial charge >= 0.3 is 0 Å². The summed E-state index contributed by atoms with van der Waals surface area (Å²) in [6.45, 7) is 4.25. The van der Waals surface area contributed by atoms with Crippen molar-refractivity contribution < 1.29 is 14.5 Å². The lowest BCUT2D eigenvalue weighted by Gasteiger charge is -2.25. The van der Waals surface area contributed by atoms with Crippen molar-refractivity contribution in [3.63, 3.8) is 0 Å². The van der Waals surface area contributed by atoms with Crippen LogP contribution in [-0.2, 0) is 10.2 Å². The Kier molecular flexibility index (Phi) is 6.06. The number of nitro groups is 1. The summed E-state index contributed by atoms with van der Waals surface area (Å²) in [5.41, 5.74) is 0.810. The SMILES string of the molecule is CC(C)(CNC(=O)CNC(=O)c1cccc([N+](=O)[O-])c1)c1ccccc1. The fourth-order valence-electron chi connectivity index (χ4n) is 2.40. The fraction of sp³-hybridized carbons (Fsp3) is 0.263. The zero-order valence-electron chi connectivity index (χ0n) is 14.7. The predicted octanol–water partition coefficient (Wildman–Crippen LogP) is 2.42. The second kappa shape index (κ2) is 8.24. The van der Waals surface area contributed by atoms with Gasteiger partial charge in [0.1, 0.15) is 0 Å². The normalized spacial score (nSPS) is 10.8. The molecule has 0 aliphatic heterocycles. The molecule has 7 heteroatoms. The molecular weight excluding hydrogens is 334 g/mol. The maximum atomic E-state index is 12.0. The summed E-state index contributed by atoms with van der Waals surface area (Å²) in [5, 5.41) is 16.0. The number of carbonyl (C=O) groups is 2. The number of amides is 2. The van der Waals surface area contributed by atoms with E-state index in [4.69, 9.17) is 0 Å². The minimum atomic E-state index is -0.574. The molecule has 2 aromatic rings. The summed E-state index contributed by atoms with van der Waals surface area (Å²) in [5.74, 6) is -0.862. The highest BCUT2D eigenvalue weighted by atomic mass is 16.6. The first-order valence-electron chi connectivity index (χ1n) is 8.14. The van der Waals surface area contributed by atoms with Crippen LogP contribution in [0.4, 0.5) is 5.69 Å². The largest absolute Gasteiger partial charge is 0.354 e. The molecule has 2 amide bonds. The van der Waals surface area contributed by atoms with E-state index in [1.54, 1.807) is 0 Å². The molecule has 0 aliphatic rings. The number of nitro benzene ring substituents is 1. The molecule has 0 aromatic heterocycles. The predicted molar refractivity (Wildman–Crippen MR) is 97.9 cm³/mol. The molecule has 0 radical (unpaired) electrons. The number of hydrogen-bond acceptors (Lipinski definition) is 4.